The Balaban J connectivity index is 2.35. The molecule has 1 heterocycles. The number of fused-ring (bicyclic) bond motifs is 1. The summed E-state index contributed by atoms with van der Waals surface area (Å²) in [6.07, 6.45) is 5.84. The Morgan fingerprint density at radius 1 is 1.48 bits per heavy atom. The molecule has 0 saturated carbocycles. The molecule has 0 aliphatic carbocycles. The highest BCUT2D eigenvalue weighted by Gasteiger charge is 2.18. The number of aromatic nitrogens is 2. The number of ether oxygens (including phenoxy) is 1. The summed E-state index contributed by atoms with van der Waals surface area (Å²) in [4.78, 5) is 29.5. The molecule has 0 fully saturated rings. The van der Waals surface area contributed by atoms with Crippen molar-refractivity contribution in [2.45, 2.75) is 30.3 Å². The van der Waals surface area contributed by atoms with Crippen LogP contribution in [0.2, 0.25) is 0 Å². The molecule has 0 aliphatic heterocycles. The minimum absolute atomic E-state index is 0.111. The maximum Gasteiger partial charge on any atom is 0.262 e. The lowest BCUT2D eigenvalue weighted by Crippen LogP contribution is -2.32. The molecule has 1 aromatic carbocycles. The average Bonchev–Trinajstić information content (AvgIpc) is 2.62. The second-order valence-corrected chi connectivity index (χ2v) is 6.70. The van der Waals surface area contributed by atoms with Crippen LogP contribution in [0.4, 0.5) is 0 Å². The zero-order valence-corrected chi connectivity index (χ0v) is 15.1. The molecule has 0 saturated heterocycles. The Labute approximate surface area is 151 Å². The van der Waals surface area contributed by atoms with Gasteiger partial charge in [0, 0.05) is 20.3 Å². The summed E-state index contributed by atoms with van der Waals surface area (Å²) < 4.78 is 6.68. The summed E-state index contributed by atoms with van der Waals surface area (Å²) in [7, 11) is 1.62. The molecule has 0 radical (unpaired) electrons. The van der Waals surface area contributed by atoms with E-state index in [0.29, 0.717) is 35.6 Å². The van der Waals surface area contributed by atoms with Crippen molar-refractivity contribution >= 4 is 28.6 Å². The second-order valence-electron chi connectivity index (χ2n) is 5.40. The molecule has 25 heavy (non-hydrogen) atoms. The van der Waals surface area contributed by atoms with Crippen LogP contribution in [0.5, 0.6) is 0 Å². The van der Waals surface area contributed by atoms with Crippen LogP contribution in [0.3, 0.4) is 0 Å². The number of carbonyl (C=O) groups excluding carboxylic acids is 1. The van der Waals surface area contributed by atoms with Gasteiger partial charge in [0.1, 0.15) is 0 Å². The molecule has 0 bridgehead atoms. The number of hydrogen-bond acceptors (Lipinski definition) is 5. The number of carbonyl (C=O) groups is 1. The Bertz CT molecular complexity index is 842. The zero-order chi connectivity index (χ0) is 18.2. The Kier molecular flexibility index (Phi) is 7.04. The first-order valence-electron chi connectivity index (χ1n) is 7.94. The van der Waals surface area contributed by atoms with Crippen LogP contribution in [0.1, 0.15) is 13.3 Å². The number of nitrogens with one attached hydrogen (secondary N) is 1. The lowest BCUT2D eigenvalue weighted by molar-refractivity contribution is -0.120. The molecule has 1 aromatic heterocycles. The van der Waals surface area contributed by atoms with Crippen LogP contribution in [-0.2, 0) is 16.1 Å². The monoisotopic (exact) mass is 359 g/mol. The molecule has 1 N–H and O–H groups in total. The normalized spacial score (nSPS) is 11.9. The molecule has 1 unspecified atom stereocenters. The number of amides is 1. The van der Waals surface area contributed by atoms with Gasteiger partial charge in [-0.25, -0.2) is 4.98 Å². The molecule has 0 spiro atoms. The minimum atomic E-state index is -0.421. The fraction of sp³-hybridized carbons (Fsp3) is 0.389. The lowest BCUT2D eigenvalue weighted by atomic mass is 10.2. The first-order chi connectivity index (χ1) is 12.1. The van der Waals surface area contributed by atoms with E-state index in [2.05, 4.69) is 16.2 Å². The van der Waals surface area contributed by atoms with Gasteiger partial charge in [0.05, 0.1) is 22.7 Å². The van der Waals surface area contributed by atoms with Crippen molar-refractivity contribution in [2.24, 2.45) is 0 Å². The second kappa shape index (κ2) is 9.25. The first-order valence-corrected chi connectivity index (χ1v) is 8.82. The number of para-hydroxylation sites is 1. The predicted octanol–water partition coefficient (Wildman–Crippen LogP) is 1.66. The number of rotatable bonds is 8. The first kappa shape index (κ1) is 19.0. The third kappa shape index (κ3) is 4.84. The highest BCUT2D eigenvalue weighted by molar-refractivity contribution is 8.00. The van der Waals surface area contributed by atoms with Crippen LogP contribution in [0, 0.1) is 12.3 Å². The SMILES string of the molecule is C#CCNC(=O)C(C)Sc1nc2ccccc2c(=O)n1CCCOC. The van der Waals surface area contributed by atoms with Crippen molar-refractivity contribution < 1.29 is 9.53 Å². The van der Waals surface area contributed by atoms with Crippen molar-refractivity contribution in [1.29, 1.82) is 0 Å². The van der Waals surface area contributed by atoms with Gasteiger partial charge in [0.25, 0.3) is 5.56 Å². The van der Waals surface area contributed by atoms with E-state index in [1.807, 2.05) is 12.1 Å². The predicted molar refractivity (Wildman–Crippen MR) is 99.7 cm³/mol. The molecule has 6 nitrogen and oxygen atoms in total. The molecule has 132 valence electrons. The number of methoxy groups -OCH3 is 1. The van der Waals surface area contributed by atoms with Gasteiger partial charge in [0.15, 0.2) is 5.16 Å². The average molecular weight is 359 g/mol. The Hall–Kier alpha value is -2.30. The zero-order valence-electron chi connectivity index (χ0n) is 14.3. The van der Waals surface area contributed by atoms with Gasteiger partial charge in [0.2, 0.25) is 5.91 Å². The number of hydrogen-bond donors (Lipinski definition) is 1. The topological polar surface area (TPSA) is 73.2 Å². The summed E-state index contributed by atoms with van der Waals surface area (Å²) in [5, 5.41) is 3.30. The minimum Gasteiger partial charge on any atom is -0.385 e. The van der Waals surface area contributed by atoms with E-state index in [4.69, 9.17) is 11.2 Å². The number of thioether (sulfide) groups is 1. The molecular weight excluding hydrogens is 338 g/mol. The van der Waals surface area contributed by atoms with Gasteiger partial charge < -0.3 is 10.1 Å². The van der Waals surface area contributed by atoms with Crippen molar-refractivity contribution in [3.05, 3.63) is 34.6 Å². The molecule has 7 heteroatoms. The van der Waals surface area contributed by atoms with Crippen molar-refractivity contribution in [1.82, 2.24) is 14.9 Å². The lowest BCUT2D eigenvalue weighted by Gasteiger charge is -2.16. The quantitative estimate of drug-likeness (QED) is 0.336. The van der Waals surface area contributed by atoms with E-state index in [1.165, 1.54) is 11.8 Å². The fourth-order valence-electron chi connectivity index (χ4n) is 2.30. The van der Waals surface area contributed by atoms with E-state index < -0.39 is 5.25 Å². The summed E-state index contributed by atoms with van der Waals surface area (Å²) in [5.41, 5.74) is 0.509. The van der Waals surface area contributed by atoms with Gasteiger partial charge in [-0.2, -0.15) is 0 Å². The third-order valence-corrected chi connectivity index (χ3v) is 4.66. The van der Waals surface area contributed by atoms with E-state index in [-0.39, 0.29) is 18.0 Å². The van der Waals surface area contributed by atoms with E-state index in [1.54, 1.807) is 30.7 Å². The van der Waals surface area contributed by atoms with E-state index in [9.17, 15) is 9.59 Å². The van der Waals surface area contributed by atoms with Crippen LogP contribution in [0.25, 0.3) is 10.9 Å². The maximum atomic E-state index is 12.8. The largest absolute Gasteiger partial charge is 0.385 e. The Morgan fingerprint density at radius 3 is 2.96 bits per heavy atom. The van der Waals surface area contributed by atoms with Gasteiger partial charge in [-0.3, -0.25) is 14.2 Å². The van der Waals surface area contributed by atoms with Crippen LogP contribution >= 0.6 is 11.8 Å². The Morgan fingerprint density at radius 2 is 2.24 bits per heavy atom. The molecule has 1 amide bonds. The molecular formula is C18H21N3O3S. The van der Waals surface area contributed by atoms with Gasteiger partial charge >= 0.3 is 0 Å². The fourth-order valence-corrected chi connectivity index (χ4v) is 3.25. The standard InChI is InChI=1S/C18H21N3O3S/c1-4-10-19-16(22)13(2)25-18-20-15-9-6-5-8-14(15)17(23)21(18)11-7-12-24-3/h1,5-6,8-9,13H,7,10-12H2,2-3H3,(H,19,22). The van der Waals surface area contributed by atoms with Gasteiger partial charge in [-0.1, -0.05) is 29.8 Å². The maximum absolute atomic E-state index is 12.8. The number of benzene rings is 1. The highest BCUT2D eigenvalue weighted by Crippen LogP contribution is 2.22. The van der Waals surface area contributed by atoms with E-state index >= 15 is 0 Å². The van der Waals surface area contributed by atoms with Crippen molar-refractivity contribution in [3.8, 4) is 12.3 Å². The molecule has 2 aromatic rings. The summed E-state index contributed by atoms with van der Waals surface area (Å²) in [6.45, 7) is 2.96. The van der Waals surface area contributed by atoms with Crippen molar-refractivity contribution in [3.63, 3.8) is 0 Å². The van der Waals surface area contributed by atoms with Crippen LogP contribution in [-0.4, -0.2) is 41.0 Å². The third-order valence-electron chi connectivity index (χ3n) is 3.57. The smallest absolute Gasteiger partial charge is 0.262 e. The van der Waals surface area contributed by atoms with Crippen LogP contribution < -0.4 is 10.9 Å². The summed E-state index contributed by atoms with van der Waals surface area (Å²) in [6, 6.07) is 7.20. The van der Waals surface area contributed by atoms with Crippen LogP contribution in [0.15, 0.2) is 34.2 Å². The number of terminal acetylenes is 1. The molecule has 0 aliphatic rings. The van der Waals surface area contributed by atoms with E-state index in [0.717, 1.165) is 0 Å². The number of nitrogens with zero attached hydrogens (tertiary/aromatic N) is 2. The molecule has 1 atom stereocenters. The molecule has 2 rings (SSSR count). The van der Waals surface area contributed by atoms with Crippen molar-refractivity contribution in [2.75, 3.05) is 20.3 Å². The van der Waals surface area contributed by atoms with Gasteiger partial charge in [-0.05, 0) is 25.5 Å². The van der Waals surface area contributed by atoms with Gasteiger partial charge in [-0.15, -0.1) is 6.42 Å². The summed E-state index contributed by atoms with van der Waals surface area (Å²) in [5.74, 6) is 2.18. The summed E-state index contributed by atoms with van der Waals surface area (Å²) >= 11 is 1.25. The highest BCUT2D eigenvalue weighted by atomic mass is 32.2.